The lowest BCUT2D eigenvalue weighted by molar-refractivity contribution is 0.122. The Morgan fingerprint density at radius 1 is 1.00 bits per heavy atom. The molecule has 4 aromatic rings. The van der Waals surface area contributed by atoms with Crippen molar-refractivity contribution in [2.75, 3.05) is 31.2 Å². The molecule has 8 nitrogen and oxygen atoms in total. The standard InChI is InChI=1S/C23H25N5O3/c1-14(2)19-13-24-20-12-21(29)18(11-17(19)20)22-25-26-23(30)28(22)16-5-3-15(4-6-16)27-7-9-31-10-8-27/h3-6,11-14,24,29H,7-10H2,1-2H3,(H,26,30). The summed E-state index contributed by atoms with van der Waals surface area (Å²) in [5, 5.41) is 30.2. The predicted molar refractivity (Wildman–Crippen MR) is 119 cm³/mol. The van der Waals surface area contributed by atoms with Gasteiger partial charge in [0.25, 0.3) is 0 Å². The van der Waals surface area contributed by atoms with E-state index in [0.29, 0.717) is 23.0 Å². The fourth-order valence-corrected chi connectivity index (χ4v) is 4.16. The number of aromatic hydroxyl groups is 2. The van der Waals surface area contributed by atoms with Crippen molar-refractivity contribution in [3.8, 4) is 28.8 Å². The molecule has 0 amide bonds. The lowest BCUT2D eigenvalue weighted by Crippen LogP contribution is -2.36. The molecule has 1 aliphatic rings. The number of H-pyrrole nitrogens is 1. The highest BCUT2D eigenvalue weighted by Gasteiger charge is 2.20. The van der Waals surface area contributed by atoms with Gasteiger partial charge in [0.15, 0.2) is 5.82 Å². The van der Waals surface area contributed by atoms with Gasteiger partial charge in [0, 0.05) is 41.9 Å². The van der Waals surface area contributed by atoms with Crippen LogP contribution in [0.25, 0.3) is 28.0 Å². The molecule has 1 aliphatic heterocycles. The average Bonchev–Trinajstić information content (AvgIpc) is 3.37. The van der Waals surface area contributed by atoms with Gasteiger partial charge in [0.05, 0.1) is 24.5 Å². The van der Waals surface area contributed by atoms with E-state index in [0.717, 1.165) is 48.5 Å². The van der Waals surface area contributed by atoms with Gasteiger partial charge in [-0.1, -0.05) is 18.9 Å². The number of nitrogens with one attached hydrogen (secondary N) is 1. The molecule has 2 aromatic carbocycles. The summed E-state index contributed by atoms with van der Waals surface area (Å²) in [6.45, 7) is 7.39. The van der Waals surface area contributed by atoms with Crippen molar-refractivity contribution < 1.29 is 14.9 Å². The summed E-state index contributed by atoms with van der Waals surface area (Å²) in [7, 11) is 0. The summed E-state index contributed by atoms with van der Waals surface area (Å²) in [6, 6.07) is 11.2. The molecule has 0 spiro atoms. The minimum atomic E-state index is -0.230. The maximum Gasteiger partial charge on any atom is 0.319 e. The Morgan fingerprint density at radius 2 is 1.71 bits per heavy atom. The van der Waals surface area contributed by atoms with Crippen LogP contribution in [0.2, 0.25) is 0 Å². The lowest BCUT2D eigenvalue weighted by Gasteiger charge is -2.29. The van der Waals surface area contributed by atoms with Gasteiger partial charge in [-0.05, 0) is 41.8 Å². The van der Waals surface area contributed by atoms with Crippen molar-refractivity contribution in [1.29, 1.82) is 0 Å². The first-order valence-corrected chi connectivity index (χ1v) is 10.4. The zero-order valence-electron chi connectivity index (χ0n) is 17.5. The van der Waals surface area contributed by atoms with Crippen molar-refractivity contribution in [3.05, 3.63) is 48.2 Å². The van der Waals surface area contributed by atoms with Crippen LogP contribution in [0, 0.1) is 0 Å². The first kappa shape index (κ1) is 19.4. The average molecular weight is 419 g/mol. The SMILES string of the molecule is CC(C)c1c[nH]c2cc(O)c(-c3nnc(O)n3-c3ccc(N4CCOCC4)cc3)cc12. The number of nitrogens with zero attached hydrogens (tertiary/aromatic N) is 4. The van der Waals surface area contributed by atoms with Crippen molar-refractivity contribution >= 4 is 16.6 Å². The Bertz CT molecular complexity index is 1220. The van der Waals surface area contributed by atoms with Gasteiger partial charge < -0.3 is 24.8 Å². The van der Waals surface area contributed by atoms with Crippen LogP contribution in [-0.2, 0) is 4.74 Å². The Morgan fingerprint density at radius 3 is 2.42 bits per heavy atom. The van der Waals surface area contributed by atoms with Gasteiger partial charge in [-0.15, -0.1) is 5.10 Å². The largest absolute Gasteiger partial charge is 0.507 e. The summed E-state index contributed by atoms with van der Waals surface area (Å²) in [5.74, 6) is 0.778. The van der Waals surface area contributed by atoms with E-state index in [1.807, 2.05) is 36.5 Å². The third kappa shape index (κ3) is 3.38. The van der Waals surface area contributed by atoms with Crippen LogP contribution in [0.5, 0.6) is 11.8 Å². The quantitative estimate of drug-likeness (QED) is 0.465. The summed E-state index contributed by atoms with van der Waals surface area (Å²) in [6.07, 6.45) is 1.96. The number of phenols is 1. The van der Waals surface area contributed by atoms with Crippen LogP contribution in [0.15, 0.2) is 42.6 Å². The molecule has 1 saturated heterocycles. The molecule has 0 aliphatic carbocycles. The number of aromatic nitrogens is 4. The van der Waals surface area contributed by atoms with Crippen LogP contribution in [-0.4, -0.2) is 56.3 Å². The second-order valence-corrected chi connectivity index (χ2v) is 8.09. The van der Waals surface area contributed by atoms with Crippen LogP contribution in [0.1, 0.15) is 25.3 Å². The highest BCUT2D eigenvalue weighted by molar-refractivity contribution is 5.90. The number of phenolic OH excluding ortho intramolecular Hbond substituents is 1. The predicted octanol–water partition coefficient (Wildman–Crippen LogP) is 3.79. The number of fused-ring (bicyclic) bond motifs is 1. The lowest BCUT2D eigenvalue weighted by atomic mass is 10.0. The van der Waals surface area contributed by atoms with E-state index < -0.39 is 0 Å². The molecule has 31 heavy (non-hydrogen) atoms. The van der Waals surface area contributed by atoms with Crippen LogP contribution in [0.3, 0.4) is 0 Å². The Kier molecular flexibility index (Phi) is 4.78. The molecule has 1 fully saturated rings. The minimum Gasteiger partial charge on any atom is -0.507 e. The molecule has 2 aromatic heterocycles. The van der Waals surface area contributed by atoms with E-state index in [1.165, 1.54) is 0 Å². The molecule has 0 radical (unpaired) electrons. The molecule has 3 N–H and O–H groups in total. The topological polar surface area (TPSA) is 99.4 Å². The molecule has 0 unspecified atom stereocenters. The number of anilines is 1. The van der Waals surface area contributed by atoms with E-state index in [-0.39, 0.29) is 11.8 Å². The zero-order valence-corrected chi connectivity index (χ0v) is 17.5. The molecule has 160 valence electrons. The number of hydrogen-bond donors (Lipinski definition) is 3. The van der Waals surface area contributed by atoms with E-state index in [9.17, 15) is 10.2 Å². The smallest absolute Gasteiger partial charge is 0.319 e. The Hall–Kier alpha value is -3.52. The molecular weight excluding hydrogens is 394 g/mol. The van der Waals surface area contributed by atoms with Crippen molar-refractivity contribution in [1.82, 2.24) is 19.7 Å². The van der Waals surface area contributed by atoms with Crippen LogP contribution < -0.4 is 4.90 Å². The van der Waals surface area contributed by atoms with Crippen LogP contribution in [0.4, 0.5) is 5.69 Å². The Balaban J connectivity index is 1.57. The maximum atomic E-state index is 10.7. The molecule has 0 saturated carbocycles. The first-order valence-electron chi connectivity index (χ1n) is 10.4. The number of morpholine rings is 1. The second kappa shape index (κ2) is 7.63. The summed E-state index contributed by atoms with van der Waals surface area (Å²) in [4.78, 5) is 5.48. The van der Waals surface area contributed by atoms with E-state index >= 15 is 0 Å². The van der Waals surface area contributed by atoms with Crippen LogP contribution >= 0.6 is 0 Å². The van der Waals surface area contributed by atoms with Gasteiger partial charge >= 0.3 is 6.01 Å². The molecular formula is C23H25N5O3. The number of hydrogen-bond acceptors (Lipinski definition) is 6. The second-order valence-electron chi connectivity index (χ2n) is 8.09. The minimum absolute atomic E-state index is 0.0724. The highest BCUT2D eigenvalue weighted by Crippen LogP contribution is 2.37. The van der Waals surface area contributed by atoms with Gasteiger partial charge in [0.2, 0.25) is 0 Å². The molecule has 0 atom stereocenters. The third-order valence-corrected chi connectivity index (χ3v) is 5.82. The summed E-state index contributed by atoms with van der Waals surface area (Å²) < 4.78 is 6.97. The summed E-state index contributed by atoms with van der Waals surface area (Å²) in [5.41, 5.74) is 4.34. The number of benzene rings is 2. The Labute approximate surface area is 179 Å². The molecule has 0 bridgehead atoms. The van der Waals surface area contributed by atoms with Crippen molar-refractivity contribution in [2.24, 2.45) is 0 Å². The number of ether oxygens (including phenoxy) is 1. The molecule has 3 heterocycles. The zero-order chi connectivity index (χ0) is 21.5. The normalized spacial score (nSPS) is 14.6. The molecule has 8 heteroatoms. The van der Waals surface area contributed by atoms with Gasteiger partial charge in [-0.2, -0.15) is 0 Å². The van der Waals surface area contributed by atoms with Gasteiger partial charge in [-0.3, -0.25) is 0 Å². The highest BCUT2D eigenvalue weighted by atomic mass is 16.5. The monoisotopic (exact) mass is 419 g/mol. The number of rotatable bonds is 4. The van der Waals surface area contributed by atoms with Crippen molar-refractivity contribution in [2.45, 2.75) is 19.8 Å². The maximum absolute atomic E-state index is 10.7. The van der Waals surface area contributed by atoms with Gasteiger partial charge in [-0.25, -0.2) is 4.57 Å². The fourth-order valence-electron chi connectivity index (χ4n) is 4.16. The molecule has 5 rings (SSSR count). The third-order valence-electron chi connectivity index (χ3n) is 5.82. The fraction of sp³-hybridized carbons (Fsp3) is 0.304. The number of aromatic amines is 1. The first-order chi connectivity index (χ1) is 15.0. The van der Waals surface area contributed by atoms with E-state index in [4.69, 9.17) is 4.74 Å². The van der Waals surface area contributed by atoms with E-state index in [2.05, 4.69) is 33.9 Å². The summed E-state index contributed by atoms with van der Waals surface area (Å²) >= 11 is 0. The van der Waals surface area contributed by atoms with Gasteiger partial charge in [0.1, 0.15) is 5.75 Å². The van der Waals surface area contributed by atoms with E-state index in [1.54, 1.807) is 10.6 Å². The van der Waals surface area contributed by atoms with Crippen molar-refractivity contribution in [3.63, 3.8) is 0 Å².